The maximum atomic E-state index is 11.2. The number of rotatable bonds is 3. The van der Waals surface area contributed by atoms with Gasteiger partial charge in [0, 0.05) is 43.7 Å². The lowest BCUT2D eigenvalue weighted by Crippen LogP contribution is -2.45. The summed E-state index contributed by atoms with van der Waals surface area (Å²) in [5.41, 5.74) is 2.21. The van der Waals surface area contributed by atoms with Crippen LogP contribution in [0.1, 0.15) is 11.3 Å². The molecule has 3 N–H and O–H groups in total. The smallest absolute Gasteiger partial charge is 0.410 e. The second-order valence-electron chi connectivity index (χ2n) is 7.51. The molecule has 4 heterocycles. The minimum absolute atomic E-state index is 0.325. The molecule has 0 aliphatic carbocycles. The summed E-state index contributed by atoms with van der Waals surface area (Å²) in [6.07, 6.45) is 1.34. The van der Waals surface area contributed by atoms with Gasteiger partial charge in [0.25, 0.3) is 0 Å². The number of nitrogens with zero attached hydrogens (tertiary/aromatic N) is 5. The Labute approximate surface area is 173 Å². The fraction of sp³-hybridized carbons (Fsp3) is 0.333. The zero-order valence-corrected chi connectivity index (χ0v) is 16.5. The monoisotopic (exact) mass is 405 g/mol. The lowest BCUT2D eigenvalue weighted by atomic mass is 10.0. The number of fused-ring (bicyclic) bond motifs is 2. The van der Waals surface area contributed by atoms with Gasteiger partial charge in [-0.25, -0.2) is 19.7 Å². The molecule has 5 rings (SSSR count). The third-order valence-corrected chi connectivity index (χ3v) is 5.66. The summed E-state index contributed by atoms with van der Waals surface area (Å²) in [7, 11) is 0. The lowest BCUT2D eigenvalue weighted by molar-refractivity contribution is 0.209. The van der Waals surface area contributed by atoms with Crippen LogP contribution in [0.4, 0.5) is 22.2 Å². The average molecular weight is 405 g/mol. The number of pyridine rings is 1. The minimum atomic E-state index is -1.12. The second-order valence-corrected chi connectivity index (χ2v) is 7.51. The van der Waals surface area contributed by atoms with Gasteiger partial charge in [0.05, 0.1) is 12.2 Å². The number of amides is 1. The number of benzene rings is 1. The molecule has 0 saturated carbocycles. The number of carboxylic acid groups (broad SMARTS) is 1. The third kappa shape index (κ3) is 3.48. The van der Waals surface area contributed by atoms with Gasteiger partial charge in [0.15, 0.2) is 0 Å². The van der Waals surface area contributed by atoms with Gasteiger partial charge in [-0.3, -0.25) is 5.32 Å². The Morgan fingerprint density at radius 1 is 1.07 bits per heavy atom. The van der Waals surface area contributed by atoms with Crippen molar-refractivity contribution in [2.45, 2.75) is 13.0 Å². The molecule has 0 atom stereocenters. The van der Waals surface area contributed by atoms with Crippen LogP contribution in [0.5, 0.6) is 0 Å². The number of anilines is 3. The molecule has 9 nitrogen and oxygen atoms in total. The first-order chi connectivity index (χ1) is 14.7. The normalized spacial score (nSPS) is 16.4. The van der Waals surface area contributed by atoms with Crippen molar-refractivity contribution in [3.05, 3.63) is 47.9 Å². The highest BCUT2D eigenvalue weighted by molar-refractivity contribution is 5.96. The summed E-state index contributed by atoms with van der Waals surface area (Å²) in [5, 5.41) is 16.8. The molecule has 2 aliphatic rings. The summed E-state index contributed by atoms with van der Waals surface area (Å²) in [6, 6.07) is 9.66. The fourth-order valence-corrected chi connectivity index (χ4v) is 4.26. The van der Waals surface area contributed by atoms with Gasteiger partial charge in [0.2, 0.25) is 0 Å². The lowest BCUT2D eigenvalue weighted by Gasteiger charge is -2.34. The van der Waals surface area contributed by atoms with Crippen LogP contribution in [0.2, 0.25) is 0 Å². The van der Waals surface area contributed by atoms with Crippen LogP contribution < -0.4 is 20.4 Å². The molecular formula is C21H23N7O2. The van der Waals surface area contributed by atoms with E-state index in [1.165, 1.54) is 5.56 Å². The van der Waals surface area contributed by atoms with Crippen LogP contribution in [0.25, 0.3) is 10.8 Å². The number of nitrogens with one attached hydrogen (secondary N) is 2. The highest BCUT2D eigenvalue weighted by Gasteiger charge is 2.26. The van der Waals surface area contributed by atoms with Gasteiger partial charge < -0.3 is 20.2 Å². The summed E-state index contributed by atoms with van der Waals surface area (Å²) in [5.74, 6) is 2.14. The molecule has 0 spiro atoms. The first kappa shape index (κ1) is 18.6. The molecule has 1 fully saturated rings. The van der Waals surface area contributed by atoms with Crippen molar-refractivity contribution < 1.29 is 9.90 Å². The Hall–Kier alpha value is -3.46. The van der Waals surface area contributed by atoms with Crippen molar-refractivity contribution in [3.63, 3.8) is 0 Å². The van der Waals surface area contributed by atoms with Crippen LogP contribution in [-0.4, -0.2) is 58.9 Å². The molecule has 1 saturated heterocycles. The standard InChI is InChI=1S/C21H23N7O2/c29-21(30)26-18-11-14-3-1-2-4-15(14)20(25-18)28-8-5-16-17(12-28)23-13-24-19(16)27-9-6-22-7-10-27/h1-4,11,13,22H,5-10,12H2,(H,25,26)(H,29,30). The first-order valence-electron chi connectivity index (χ1n) is 10.1. The zero-order valence-electron chi connectivity index (χ0n) is 16.5. The predicted octanol–water partition coefficient (Wildman–Crippen LogP) is 2.09. The Morgan fingerprint density at radius 2 is 1.90 bits per heavy atom. The van der Waals surface area contributed by atoms with Crippen molar-refractivity contribution in [2.75, 3.05) is 47.8 Å². The van der Waals surface area contributed by atoms with Crippen molar-refractivity contribution in [1.29, 1.82) is 0 Å². The Bertz CT molecular complexity index is 1100. The quantitative estimate of drug-likeness (QED) is 0.608. The van der Waals surface area contributed by atoms with E-state index in [1.807, 2.05) is 24.3 Å². The van der Waals surface area contributed by atoms with E-state index in [0.29, 0.717) is 12.4 Å². The van der Waals surface area contributed by atoms with E-state index in [9.17, 15) is 4.79 Å². The van der Waals surface area contributed by atoms with Gasteiger partial charge in [-0.2, -0.15) is 0 Å². The molecule has 154 valence electrons. The second kappa shape index (κ2) is 7.75. The molecule has 1 aromatic carbocycles. The van der Waals surface area contributed by atoms with Crippen LogP contribution >= 0.6 is 0 Å². The third-order valence-electron chi connectivity index (χ3n) is 5.66. The van der Waals surface area contributed by atoms with E-state index in [4.69, 9.17) is 5.11 Å². The topological polar surface area (TPSA) is 107 Å². The van der Waals surface area contributed by atoms with E-state index in [-0.39, 0.29) is 0 Å². The molecule has 30 heavy (non-hydrogen) atoms. The van der Waals surface area contributed by atoms with E-state index in [2.05, 4.69) is 35.4 Å². The number of hydrogen-bond acceptors (Lipinski definition) is 7. The van der Waals surface area contributed by atoms with Crippen molar-refractivity contribution >= 4 is 34.3 Å². The highest BCUT2D eigenvalue weighted by Crippen LogP contribution is 2.32. The van der Waals surface area contributed by atoms with E-state index in [1.54, 1.807) is 12.4 Å². The van der Waals surface area contributed by atoms with Gasteiger partial charge in [-0.1, -0.05) is 24.3 Å². The van der Waals surface area contributed by atoms with Crippen LogP contribution in [0.3, 0.4) is 0 Å². The van der Waals surface area contributed by atoms with Crippen LogP contribution in [0, 0.1) is 0 Å². The maximum Gasteiger partial charge on any atom is 0.410 e. The Morgan fingerprint density at radius 3 is 2.73 bits per heavy atom. The Balaban J connectivity index is 1.50. The molecule has 0 unspecified atom stereocenters. The van der Waals surface area contributed by atoms with Crippen molar-refractivity contribution in [2.24, 2.45) is 0 Å². The molecule has 2 aromatic heterocycles. The number of hydrogen-bond donors (Lipinski definition) is 3. The van der Waals surface area contributed by atoms with Gasteiger partial charge in [0.1, 0.15) is 23.8 Å². The predicted molar refractivity (Wildman–Crippen MR) is 115 cm³/mol. The van der Waals surface area contributed by atoms with Gasteiger partial charge in [-0.15, -0.1) is 0 Å². The largest absolute Gasteiger partial charge is 0.465 e. The molecule has 9 heteroatoms. The first-order valence-corrected chi connectivity index (χ1v) is 10.1. The summed E-state index contributed by atoms with van der Waals surface area (Å²) < 4.78 is 0. The van der Waals surface area contributed by atoms with E-state index >= 15 is 0 Å². The number of aromatic nitrogens is 3. The van der Waals surface area contributed by atoms with Gasteiger partial charge >= 0.3 is 6.09 Å². The summed E-state index contributed by atoms with van der Waals surface area (Å²) in [6.45, 7) is 5.20. The molecule has 2 aliphatic heterocycles. The van der Waals surface area contributed by atoms with Crippen molar-refractivity contribution in [1.82, 2.24) is 20.3 Å². The summed E-state index contributed by atoms with van der Waals surface area (Å²) in [4.78, 5) is 29.4. The Kier molecular flexibility index (Phi) is 4.80. The average Bonchev–Trinajstić information content (AvgIpc) is 2.78. The molecular weight excluding hydrogens is 382 g/mol. The van der Waals surface area contributed by atoms with E-state index in [0.717, 1.165) is 67.2 Å². The minimum Gasteiger partial charge on any atom is -0.465 e. The van der Waals surface area contributed by atoms with Crippen LogP contribution in [-0.2, 0) is 13.0 Å². The zero-order chi connectivity index (χ0) is 20.5. The molecule has 1 amide bonds. The number of carbonyl (C=O) groups is 1. The maximum absolute atomic E-state index is 11.2. The van der Waals surface area contributed by atoms with E-state index < -0.39 is 6.09 Å². The highest BCUT2D eigenvalue weighted by atomic mass is 16.4. The number of piperazine rings is 1. The molecule has 0 bridgehead atoms. The molecule has 0 radical (unpaired) electrons. The van der Waals surface area contributed by atoms with Crippen LogP contribution in [0.15, 0.2) is 36.7 Å². The van der Waals surface area contributed by atoms with Gasteiger partial charge in [-0.05, 0) is 17.9 Å². The fourth-order valence-electron chi connectivity index (χ4n) is 4.26. The molecule has 3 aromatic rings. The van der Waals surface area contributed by atoms with Crippen molar-refractivity contribution in [3.8, 4) is 0 Å². The summed E-state index contributed by atoms with van der Waals surface area (Å²) >= 11 is 0. The SMILES string of the molecule is O=C(O)Nc1cc2ccccc2c(N2CCc3c(ncnc3N3CCNCC3)C2)n1.